The van der Waals surface area contributed by atoms with E-state index in [4.69, 9.17) is 5.11 Å². The maximum atomic E-state index is 12.1. The second kappa shape index (κ2) is 6.58. The minimum atomic E-state index is -4.06. The van der Waals surface area contributed by atoms with E-state index >= 15 is 0 Å². The summed E-state index contributed by atoms with van der Waals surface area (Å²) in [7, 11) is -4.06. The van der Waals surface area contributed by atoms with Gasteiger partial charge in [0.15, 0.2) is 0 Å². The molecule has 0 aliphatic heterocycles. The van der Waals surface area contributed by atoms with Crippen LogP contribution in [0.1, 0.15) is 11.1 Å². The first-order valence-corrected chi connectivity index (χ1v) is 7.00. The van der Waals surface area contributed by atoms with E-state index in [-0.39, 0.29) is 4.90 Å². The van der Waals surface area contributed by atoms with Gasteiger partial charge >= 0.3 is 5.97 Å². The number of halogens is 2. The van der Waals surface area contributed by atoms with Gasteiger partial charge in [0.2, 0.25) is 10.0 Å². The Morgan fingerprint density at radius 1 is 1.45 bits per heavy atom. The first-order valence-electron chi connectivity index (χ1n) is 5.52. The third-order valence-electron chi connectivity index (χ3n) is 2.35. The Bertz CT molecular complexity index is 626. The van der Waals surface area contributed by atoms with Crippen molar-refractivity contribution in [2.24, 2.45) is 0 Å². The van der Waals surface area contributed by atoms with Crippen LogP contribution < -0.4 is 4.72 Å². The molecule has 0 radical (unpaired) electrons. The lowest BCUT2D eigenvalue weighted by molar-refractivity contribution is -0.131. The lowest BCUT2D eigenvalue weighted by atomic mass is 10.1. The predicted molar refractivity (Wildman–Crippen MR) is 69.0 cm³/mol. The van der Waals surface area contributed by atoms with Gasteiger partial charge in [-0.15, -0.1) is 0 Å². The third kappa shape index (κ3) is 4.71. The Hall–Kier alpha value is -1.80. The summed E-state index contributed by atoms with van der Waals surface area (Å²) in [5.41, 5.74) is 0.717. The summed E-state index contributed by atoms with van der Waals surface area (Å²) in [5, 5.41) is 8.50. The number of alkyl halides is 2. The zero-order chi connectivity index (χ0) is 15.3. The molecule has 0 heterocycles. The summed E-state index contributed by atoms with van der Waals surface area (Å²) in [6.07, 6.45) is -0.721. The van der Waals surface area contributed by atoms with Crippen molar-refractivity contribution in [3.63, 3.8) is 0 Å². The Morgan fingerprint density at radius 2 is 2.10 bits per heavy atom. The van der Waals surface area contributed by atoms with Gasteiger partial charge < -0.3 is 5.11 Å². The van der Waals surface area contributed by atoms with Gasteiger partial charge in [0.25, 0.3) is 6.43 Å². The number of hydrogen-bond donors (Lipinski definition) is 2. The average Bonchev–Trinajstić information content (AvgIpc) is 2.35. The number of benzene rings is 1. The summed E-state index contributed by atoms with van der Waals surface area (Å²) < 4.78 is 49.6. The van der Waals surface area contributed by atoms with Crippen LogP contribution in [-0.2, 0) is 14.8 Å². The average molecular weight is 305 g/mol. The Kier molecular flexibility index (Phi) is 5.34. The van der Waals surface area contributed by atoms with Gasteiger partial charge in [0.1, 0.15) is 0 Å². The van der Waals surface area contributed by atoms with Crippen molar-refractivity contribution in [3.05, 3.63) is 35.4 Å². The molecule has 0 saturated heterocycles. The molecule has 0 spiro atoms. The van der Waals surface area contributed by atoms with Crippen LogP contribution in [0.3, 0.4) is 0 Å². The number of aliphatic carboxylic acids is 1. The molecular weight excluding hydrogens is 292 g/mol. The van der Waals surface area contributed by atoms with E-state index in [1.54, 1.807) is 4.72 Å². The standard InChI is InChI=1S/C12H13F2NO4S/c1-8-2-3-9(4-5-12(16)17)6-10(8)20(18,19)15-7-11(13)14/h2-6,11,15H,7H2,1H3,(H,16,17)/b5-4+. The summed E-state index contributed by atoms with van der Waals surface area (Å²) in [6.45, 7) is 0.540. The van der Waals surface area contributed by atoms with Crippen LogP contribution in [0, 0.1) is 6.92 Å². The van der Waals surface area contributed by atoms with Gasteiger partial charge in [0, 0.05) is 6.08 Å². The largest absolute Gasteiger partial charge is 0.478 e. The van der Waals surface area contributed by atoms with Crippen LogP contribution >= 0.6 is 0 Å². The second-order valence-electron chi connectivity index (χ2n) is 3.94. The molecule has 0 saturated carbocycles. The fourth-order valence-electron chi connectivity index (χ4n) is 1.43. The first-order chi connectivity index (χ1) is 9.22. The number of sulfonamides is 1. The molecule has 5 nitrogen and oxygen atoms in total. The number of aryl methyl sites for hydroxylation is 1. The molecule has 20 heavy (non-hydrogen) atoms. The Labute approximate surface area is 115 Å². The molecule has 0 aliphatic carbocycles. The van der Waals surface area contributed by atoms with Crippen molar-refractivity contribution in [3.8, 4) is 0 Å². The van der Waals surface area contributed by atoms with Crippen molar-refractivity contribution >= 4 is 22.1 Å². The first kappa shape index (κ1) is 16.3. The molecule has 0 fully saturated rings. The Morgan fingerprint density at radius 3 is 2.65 bits per heavy atom. The van der Waals surface area contributed by atoms with Crippen molar-refractivity contribution in [2.45, 2.75) is 18.2 Å². The number of carbonyl (C=O) groups is 1. The van der Waals surface area contributed by atoms with Crippen molar-refractivity contribution < 1.29 is 27.1 Å². The molecule has 8 heteroatoms. The topological polar surface area (TPSA) is 83.5 Å². The third-order valence-corrected chi connectivity index (χ3v) is 3.91. The highest BCUT2D eigenvalue weighted by Crippen LogP contribution is 2.18. The Balaban J connectivity index is 3.10. The van der Waals surface area contributed by atoms with Crippen molar-refractivity contribution in [1.29, 1.82) is 0 Å². The molecule has 1 aromatic rings. The molecule has 0 bridgehead atoms. The smallest absolute Gasteiger partial charge is 0.328 e. The normalized spacial score (nSPS) is 12.2. The highest BCUT2D eigenvalue weighted by Gasteiger charge is 2.18. The van der Waals surface area contributed by atoms with Gasteiger partial charge in [-0.2, -0.15) is 0 Å². The van der Waals surface area contributed by atoms with Crippen molar-refractivity contribution in [2.75, 3.05) is 6.54 Å². The van der Waals surface area contributed by atoms with E-state index < -0.39 is 29.0 Å². The maximum Gasteiger partial charge on any atom is 0.328 e. The highest BCUT2D eigenvalue weighted by atomic mass is 32.2. The van der Waals surface area contributed by atoms with E-state index in [1.807, 2.05) is 0 Å². The maximum absolute atomic E-state index is 12.1. The quantitative estimate of drug-likeness (QED) is 0.783. The number of rotatable bonds is 6. The van der Waals surface area contributed by atoms with E-state index in [9.17, 15) is 22.0 Å². The predicted octanol–water partition coefficient (Wildman–Crippen LogP) is 1.64. The summed E-state index contributed by atoms with van der Waals surface area (Å²) >= 11 is 0. The molecule has 110 valence electrons. The summed E-state index contributed by atoms with van der Waals surface area (Å²) in [4.78, 5) is 10.2. The molecule has 0 aliphatic rings. The SMILES string of the molecule is Cc1ccc(/C=C/C(=O)O)cc1S(=O)(=O)NCC(F)F. The number of carboxylic acids is 1. The van der Waals surface area contributed by atoms with Gasteiger partial charge in [0.05, 0.1) is 11.4 Å². The van der Waals surface area contributed by atoms with Gasteiger partial charge in [-0.05, 0) is 30.2 Å². The minimum Gasteiger partial charge on any atom is -0.478 e. The molecule has 0 amide bonds. The number of hydrogen-bond acceptors (Lipinski definition) is 3. The molecule has 0 unspecified atom stereocenters. The molecular formula is C12H13F2NO4S. The number of carboxylic acid groups (broad SMARTS) is 1. The van der Waals surface area contributed by atoms with Crippen molar-refractivity contribution in [1.82, 2.24) is 4.72 Å². The number of nitrogens with one attached hydrogen (secondary N) is 1. The summed E-state index contributed by atoms with van der Waals surface area (Å²) in [5.74, 6) is -1.18. The van der Waals surface area contributed by atoms with E-state index in [1.165, 1.54) is 31.2 Å². The molecule has 1 aromatic carbocycles. The second-order valence-corrected chi connectivity index (χ2v) is 5.67. The molecule has 0 aromatic heterocycles. The fraction of sp³-hybridized carbons (Fsp3) is 0.250. The van der Waals surface area contributed by atoms with Crippen LogP contribution in [0.5, 0.6) is 0 Å². The lowest BCUT2D eigenvalue weighted by Gasteiger charge is -2.09. The zero-order valence-electron chi connectivity index (χ0n) is 10.5. The van der Waals surface area contributed by atoms with Gasteiger partial charge in [-0.1, -0.05) is 12.1 Å². The molecule has 0 atom stereocenters. The highest BCUT2D eigenvalue weighted by molar-refractivity contribution is 7.89. The molecule has 1 rings (SSSR count). The fourth-order valence-corrected chi connectivity index (χ4v) is 2.71. The van der Waals surface area contributed by atoms with Crippen LogP contribution in [0.15, 0.2) is 29.2 Å². The van der Waals surface area contributed by atoms with E-state index in [0.717, 1.165) is 6.08 Å². The van der Waals surface area contributed by atoms with Crippen LogP contribution in [0.4, 0.5) is 8.78 Å². The monoisotopic (exact) mass is 305 g/mol. The van der Waals surface area contributed by atoms with Crippen LogP contribution in [0.2, 0.25) is 0 Å². The summed E-state index contributed by atoms with van der Waals surface area (Å²) in [6, 6.07) is 4.22. The van der Waals surface area contributed by atoms with E-state index in [0.29, 0.717) is 11.1 Å². The molecule has 2 N–H and O–H groups in total. The lowest BCUT2D eigenvalue weighted by Crippen LogP contribution is -2.29. The van der Waals surface area contributed by atoms with Gasteiger partial charge in [-0.3, -0.25) is 0 Å². The zero-order valence-corrected chi connectivity index (χ0v) is 11.3. The van der Waals surface area contributed by atoms with E-state index in [2.05, 4.69) is 0 Å². The van der Waals surface area contributed by atoms with Crippen LogP contribution in [-0.4, -0.2) is 32.5 Å². The van der Waals surface area contributed by atoms with Gasteiger partial charge in [-0.25, -0.2) is 26.7 Å². The minimum absolute atomic E-state index is 0.161. The van der Waals surface area contributed by atoms with Crippen LogP contribution in [0.25, 0.3) is 6.08 Å².